The molecule has 0 aliphatic heterocycles. The lowest BCUT2D eigenvalue weighted by molar-refractivity contribution is -0.144. The Morgan fingerprint density at radius 3 is 2.38 bits per heavy atom. The van der Waals surface area contributed by atoms with Gasteiger partial charge in [-0.15, -0.1) is 0 Å². The second-order valence-electron chi connectivity index (χ2n) is 6.24. The molecule has 0 radical (unpaired) electrons. The van der Waals surface area contributed by atoms with E-state index in [9.17, 15) is 14.4 Å². The number of nitrogens with one attached hydrogen (secondary N) is 2. The fraction of sp³-hybridized carbons (Fsp3) is 0.471. The number of benzene rings is 1. The highest BCUT2D eigenvalue weighted by Gasteiger charge is 2.31. The molecule has 1 aliphatic carbocycles. The van der Waals surface area contributed by atoms with Gasteiger partial charge in [0, 0.05) is 11.6 Å². The van der Waals surface area contributed by atoms with Crippen LogP contribution in [-0.4, -0.2) is 23.0 Å². The highest BCUT2D eigenvalue weighted by molar-refractivity contribution is 5.87. The van der Waals surface area contributed by atoms with Gasteiger partial charge in [0.05, 0.1) is 12.0 Å². The number of amides is 3. The van der Waals surface area contributed by atoms with E-state index in [-0.39, 0.29) is 17.9 Å². The molecule has 0 saturated heterocycles. The molecular weight excluding hydrogens is 310 g/mol. The third kappa shape index (κ3) is 4.71. The number of hydrogen-bond donors (Lipinski definition) is 4. The summed E-state index contributed by atoms with van der Waals surface area (Å²) in [5.74, 6) is -1.60. The first kappa shape index (κ1) is 17.8. The summed E-state index contributed by atoms with van der Waals surface area (Å²) in [6.07, 6.45) is 2.53. The van der Waals surface area contributed by atoms with Gasteiger partial charge in [0.15, 0.2) is 0 Å². The third-order valence-electron chi connectivity index (χ3n) is 4.43. The van der Waals surface area contributed by atoms with Crippen LogP contribution in [0.1, 0.15) is 44.2 Å². The van der Waals surface area contributed by atoms with Gasteiger partial charge in [0.1, 0.15) is 0 Å². The van der Waals surface area contributed by atoms with Crippen LogP contribution < -0.4 is 16.4 Å². The lowest BCUT2D eigenvalue weighted by Crippen LogP contribution is -2.36. The Kier molecular flexibility index (Phi) is 5.78. The summed E-state index contributed by atoms with van der Waals surface area (Å²) in [7, 11) is 0. The Morgan fingerprint density at radius 1 is 1.17 bits per heavy atom. The monoisotopic (exact) mass is 333 g/mol. The average Bonchev–Trinajstić information content (AvgIpc) is 2.55. The van der Waals surface area contributed by atoms with E-state index in [1.54, 1.807) is 24.3 Å². The van der Waals surface area contributed by atoms with Crippen molar-refractivity contribution in [2.24, 2.45) is 17.6 Å². The van der Waals surface area contributed by atoms with Crippen molar-refractivity contribution in [2.45, 2.75) is 38.6 Å². The Hall–Kier alpha value is -2.57. The molecule has 0 spiro atoms. The smallest absolute Gasteiger partial charge is 0.316 e. The lowest BCUT2D eigenvalue weighted by Gasteiger charge is -2.27. The zero-order valence-corrected chi connectivity index (χ0v) is 13.6. The van der Waals surface area contributed by atoms with Crippen LogP contribution in [0.5, 0.6) is 0 Å². The molecule has 7 heteroatoms. The van der Waals surface area contributed by atoms with Crippen molar-refractivity contribution in [3.63, 3.8) is 0 Å². The van der Waals surface area contributed by atoms with Crippen molar-refractivity contribution in [3.8, 4) is 0 Å². The molecule has 7 nitrogen and oxygen atoms in total. The number of carboxylic acids is 1. The maximum atomic E-state index is 12.4. The van der Waals surface area contributed by atoms with Crippen molar-refractivity contribution >= 4 is 23.6 Å². The van der Waals surface area contributed by atoms with Gasteiger partial charge < -0.3 is 21.5 Å². The molecule has 3 unspecified atom stereocenters. The minimum absolute atomic E-state index is 0.104. The number of primary amides is 1. The van der Waals surface area contributed by atoms with Crippen molar-refractivity contribution in [1.29, 1.82) is 0 Å². The molecule has 1 aromatic rings. The van der Waals surface area contributed by atoms with E-state index in [1.807, 2.05) is 6.92 Å². The molecule has 24 heavy (non-hydrogen) atoms. The molecule has 3 amide bonds. The number of carbonyl (C=O) groups excluding carboxylic acids is 2. The van der Waals surface area contributed by atoms with Gasteiger partial charge >= 0.3 is 12.0 Å². The van der Waals surface area contributed by atoms with Gasteiger partial charge in [0.25, 0.3) is 0 Å². The van der Waals surface area contributed by atoms with Crippen molar-refractivity contribution < 1.29 is 19.5 Å². The number of aliphatic carboxylic acids is 1. The number of urea groups is 1. The Labute approximate surface area is 140 Å². The molecule has 0 heterocycles. The summed E-state index contributed by atoms with van der Waals surface area (Å²) in [5, 5.41) is 14.5. The number of carbonyl (C=O) groups is 3. The predicted molar refractivity (Wildman–Crippen MR) is 89.3 cm³/mol. The van der Waals surface area contributed by atoms with Gasteiger partial charge in [0.2, 0.25) is 5.91 Å². The van der Waals surface area contributed by atoms with Crippen LogP contribution in [0.25, 0.3) is 0 Å². The van der Waals surface area contributed by atoms with E-state index in [4.69, 9.17) is 10.8 Å². The average molecular weight is 333 g/mol. The third-order valence-corrected chi connectivity index (χ3v) is 4.43. The highest BCUT2D eigenvalue weighted by Crippen LogP contribution is 2.30. The quantitative estimate of drug-likeness (QED) is 0.660. The summed E-state index contributed by atoms with van der Waals surface area (Å²) in [6.45, 7) is 1.87. The summed E-state index contributed by atoms with van der Waals surface area (Å²) in [5.41, 5.74) is 6.53. The zero-order chi connectivity index (χ0) is 17.7. The Morgan fingerprint density at radius 2 is 1.79 bits per heavy atom. The largest absolute Gasteiger partial charge is 0.481 e. The molecule has 2 rings (SSSR count). The van der Waals surface area contributed by atoms with Crippen LogP contribution >= 0.6 is 0 Å². The number of hydrogen-bond acceptors (Lipinski definition) is 3. The van der Waals surface area contributed by atoms with Gasteiger partial charge in [-0.05, 0) is 43.9 Å². The van der Waals surface area contributed by atoms with Crippen LogP contribution in [-0.2, 0) is 9.59 Å². The van der Waals surface area contributed by atoms with E-state index in [0.717, 1.165) is 18.4 Å². The van der Waals surface area contributed by atoms with E-state index >= 15 is 0 Å². The normalized spacial score (nSPS) is 21.5. The maximum Gasteiger partial charge on any atom is 0.316 e. The molecule has 1 saturated carbocycles. The predicted octanol–water partition coefficient (Wildman–Crippen LogP) is 2.25. The molecule has 0 bridgehead atoms. The van der Waals surface area contributed by atoms with Gasteiger partial charge in [-0.25, -0.2) is 4.79 Å². The first-order valence-electron chi connectivity index (χ1n) is 8.06. The van der Waals surface area contributed by atoms with Crippen LogP contribution in [0.4, 0.5) is 10.5 Å². The lowest BCUT2D eigenvalue weighted by atomic mass is 9.81. The topological polar surface area (TPSA) is 122 Å². The number of anilines is 1. The van der Waals surface area contributed by atoms with Crippen molar-refractivity contribution in [1.82, 2.24) is 5.32 Å². The summed E-state index contributed by atoms with van der Waals surface area (Å²) in [4.78, 5) is 34.3. The van der Waals surface area contributed by atoms with Gasteiger partial charge in [-0.2, -0.15) is 0 Å². The van der Waals surface area contributed by atoms with Crippen LogP contribution in [0.2, 0.25) is 0 Å². The second kappa shape index (κ2) is 7.81. The SMILES string of the molecule is CC(NC(=O)C1CCCC(C(=O)O)C1)c1ccc(NC(N)=O)cc1. The fourth-order valence-electron chi connectivity index (χ4n) is 3.06. The van der Waals surface area contributed by atoms with Gasteiger partial charge in [-0.1, -0.05) is 18.6 Å². The van der Waals surface area contributed by atoms with E-state index in [2.05, 4.69) is 10.6 Å². The summed E-state index contributed by atoms with van der Waals surface area (Å²) in [6, 6.07) is 6.20. The maximum absolute atomic E-state index is 12.4. The fourth-order valence-corrected chi connectivity index (χ4v) is 3.06. The molecule has 1 fully saturated rings. The Bertz CT molecular complexity index is 615. The minimum atomic E-state index is -0.821. The first-order chi connectivity index (χ1) is 11.4. The number of nitrogens with two attached hydrogens (primary N) is 1. The molecule has 5 N–H and O–H groups in total. The molecule has 1 aromatic carbocycles. The van der Waals surface area contributed by atoms with Gasteiger partial charge in [-0.3, -0.25) is 9.59 Å². The van der Waals surface area contributed by atoms with Crippen molar-refractivity contribution in [2.75, 3.05) is 5.32 Å². The number of rotatable bonds is 5. The summed E-state index contributed by atoms with van der Waals surface area (Å²) >= 11 is 0. The van der Waals surface area contributed by atoms with E-state index in [1.165, 1.54) is 0 Å². The molecule has 1 aliphatic rings. The zero-order valence-electron chi connectivity index (χ0n) is 13.6. The second-order valence-corrected chi connectivity index (χ2v) is 6.24. The minimum Gasteiger partial charge on any atom is -0.481 e. The first-order valence-corrected chi connectivity index (χ1v) is 8.06. The molecule has 3 atom stereocenters. The van der Waals surface area contributed by atoms with E-state index < -0.39 is 17.9 Å². The summed E-state index contributed by atoms with van der Waals surface area (Å²) < 4.78 is 0. The van der Waals surface area contributed by atoms with Crippen LogP contribution in [0, 0.1) is 11.8 Å². The van der Waals surface area contributed by atoms with Crippen LogP contribution in [0.3, 0.4) is 0 Å². The number of carboxylic acid groups (broad SMARTS) is 1. The van der Waals surface area contributed by atoms with Crippen molar-refractivity contribution in [3.05, 3.63) is 29.8 Å². The molecule has 0 aromatic heterocycles. The Balaban J connectivity index is 1.93. The standard InChI is InChI=1S/C17H23N3O4/c1-10(11-5-7-14(8-6-11)20-17(18)24)19-15(21)12-3-2-4-13(9-12)16(22)23/h5-8,10,12-13H,2-4,9H2,1H3,(H,19,21)(H,22,23)(H3,18,20,24). The van der Waals surface area contributed by atoms with Crippen LogP contribution in [0.15, 0.2) is 24.3 Å². The van der Waals surface area contributed by atoms with E-state index in [0.29, 0.717) is 18.5 Å². The molecular formula is C17H23N3O4. The molecule has 130 valence electrons. The highest BCUT2D eigenvalue weighted by atomic mass is 16.4.